The molecular weight excluding hydrogens is 372 g/mol. The minimum absolute atomic E-state index is 0.261. The Morgan fingerprint density at radius 1 is 1.08 bits per heavy atom. The highest BCUT2D eigenvalue weighted by molar-refractivity contribution is 9.10. The molecule has 0 aromatic heterocycles. The summed E-state index contributed by atoms with van der Waals surface area (Å²) in [6, 6.07) is 12.1. The largest absolute Gasteiger partial charge is 0.493 e. The van der Waals surface area contributed by atoms with Gasteiger partial charge in [-0.2, -0.15) is 0 Å². The van der Waals surface area contributed by atoms with E-state index in [0.29, 0.717) is 29.2 Å². The maximum Gasteiger partial charge on any atom is 0.259 e. The van der Waals surface area contributed by atoms with E-state index >= 15 is 0 Å². The Kier molecular flexibility index (Phi) is 6.37. The van der Waals surface area contributed by atoms with Crippen molar-refractivity contribution in [3.63, 3.8) is 0 Å². The lowest BCUT2D eigenvalue weighted by atomic mass is 10.1. The SMILES string of the molecule is CCCOc1ccc(Br)cc1C(=O)Nc1ccccc1C(=O)NC. The highest BCUT2D eigenvalue weighted by Crippen LogP contribution is 2.25. The van der Waals surface area contributed by atoms with Crippen molar-refractivity contribution in [1.29, 1.82) is 0 Å². The molecule has 0 heterocycles. The predicted molar refractivity (Wildman–Crippen MR) is 97.7 cm³/mol. The van der Waals surface area contributed by atoms with Crippen molar-refractivity contribution in [3.05, 3.63) is 58.1 Å². The number of hydrogen-bond acceptors (Lipinski definition) is 3. The maximum atomic E-state index is 12.7. The average Bonchev–Trinajstić information content (AvgIpc) is 2.60. The van der Waals surface area contributed by atoms with Gasteiger partial charge in [0.05, 0.1) is 23.4 Å². The van der Waals surface area contributed by atoms with Crippen LogP contribution < -0.4 is 15.4 Å². The molecule has 0 bridgehead atoms. The molecule has 0 atom stereocenters. The number of amides is 2. The molecule has 2 aromatic carbocycles. The van der Waals surface area contributed by atoms with Crippen molar-refractivity contribution in [2.24, 2.45) is 0 Å². The molecule has 0 aliphatic heterocycles. The first-order valence-electron chi connectivity index (χ1n) is 7.61. The number of carbonyl (C=O) groups is 2. The second-order valence-corrected chi connectivity index (χ2v) is 5.98. The van der Waals surface area contributed by atoms with Gasteiger partial charge >= 0.3 is 0 Å². The summed E-state index contributed by atoms with van der Waals surface area (Å²) in [4.78, 5) is 24.6. The number of rotatable bonds is 6. The third kappa shape index (κ3) is 4.35. The monoisotopic (exact) mass is 390 g/mol. The van der Waals surface area contributed by atoms with E-state index in [0.717, 1.165) is 10.9 Å². The summed E-state index contributed by atoms with van der Waals surface area (Å²) in [5, 5.41) is 5.35. The van der Waals surface area contributed by atoms with Gasteiger partial charge in [-0.05, 0) is 36.8 Å². The first kappa shape index (κ1) is 18.0. The Morgan fingerprint density at radius 3 is 2.54 bits per heavy atom. The number of para-hydroxylation sites is 1. The van der Waals surface area contributed by atoms with Gasteiger partial charge in [-0.3, -0.25) is 9.59 Å². The standard InChI is InChI=1S/C18H19BrN2O3/c1-3-10-24-16-9-8-12(19)11-14(16)18(23)21-15-7-5-4-6-13(15)17(22)20-2/h4-9,11H,3,10H2,1-2H3,(H,20,22)(H,21,23). The van der Waals surface area contributed by atoms with Gasteiger partial charge in [-0.25, -0.2) is 0 Å². The zero-order valence-corrected chi connectivity index (χ0v) is 15.1. The molecule has 24 heavy (non-hydrogen) atoms. The Morgan fingerprint density at radius 2 is 1.83 bits per heavy atom. The number of halogens is 1. The Bertz CT molecular complexity index is 747. The fourth-order valence-electron chi connectivity index (χ4n) is 2.13. The van der Waals surface area contributed by atoms with Crippen LogP contribution in [-0.2, 0) is 0 Å². The van der Waals surface area contributed by atoms with Crippen LogP contribution >= 0.6 is 15.9 Å². The van der Waals surface area contributed by atoms with E-state index in [2.05, 4.69) is 26.6 Å². The van der Waals surface area contributed by atoms with Crippen molar-refractivity contribution >= 4 is 33.4 Å². The third-order valence-corrected chi connectivity index (χ3v) is 3.79. The molecule has 0 aliphatic rings. The van der Waals surface area contributed by atoms with E-state index in [9.17, 15) is 9.59 Å². The van der Waals surface area contributed by atoms with Crippen LogP contribution in [0.3, 0.4) is 0 Å². The number of nitrogens with one attached hydrogen (secondary N) is 2. The molecule has 5 nitrogen and oxygen atoms in total. The maximum absolute atomic E-state index is 12.7. The lowest BCUT2D eigenvalue weighted by molar-refractivity contribution is 0.0964. The van der Waals surface area contributed by atoms with Gasteiger partial charge < -0.3 is 15.4 Å². The van der Waals surface area contributed by atoms with Crippen LogP contribution in [0.25, 0.3) is 0 Å². The van der Waals surface area contributed by atoms with Crippen molar-refractivity contribution in [3.8, 4) is 5.75 Å². The molecule has 126 valence electrons. The van der Waals surface area contributed by atoms with Crippen LogP contribution in [0.5, 0.6) is 5.75 Å². The molecular formula is C18H19BrN2O3. The van der Waals surface area contributed by atoms with E-state index in [-0.39, 0.29) is 11.8 Å². The Labute approximate surface area is 149 Å². The van der Waals surface area contributed by atoms with E-state index in [1.807, 2.05) is 13.0 Å². The molecule has 6 heteroatoms. The van der Waals surface area contributed by atoms with Crippen molar-refractivity contribution < 1.29 is 14.3 Å². The summed E-state index contributed by atoms with van der Waals surface area (Å²) in [7, 11) is 1.55. The quantitative estimate of drug-likeness (QED) is 0.786. The van der Waals surface area contributed by atoms with Gasteiger partial charge in [-0.15, -0.1) is 0 Å². The molecule has 2 rings (SSSR count). The lowest BCUT2D eigenvalue weighted by Crippen LogP contribution is -2.21. The molecule has 0 unspecified atom stereocenters. The van der Waals surface area contributed by atoms with Crippen LogP contribution in [0.1, 0.15) is 34.1 Å². The number of hydrogen-bond donors (Lipinski definition) is 2. The summed E-state index contributed by atoms with van der Waals surface area (Å²) in [5.74, 6) is -0.0867. The van der Waals surface area contributed by atoms with Gasteiger partial charge in [0.1, 0.15) is 5.75 Å². The molecule has 0 saturated carbocycles. The molecule has 2 amide bonds. The minimum Gasteiger partial charge on any atom is -0.493 e. The van der Waals surface area contributed by atoms with Gasteiger partial charge in [0.2, 0.25) is 0 Å². The Hall–Kier alpha value is -2.34. The van der Waals surface area contributed by atoms with Gasteiger partial charge in [0.25, 0.3) is 11.8 Å². The van der Waals surface area contributed by atoms with Crippen molar-refractivity contribution in [2.75, 3.05) is 19.0 Å². The summed E-state index contributed by atoms with van der Waals surface area (Å²) in [6.45, 7) is 2.52. The summed E-state index contributed by atoms with van der Waals surface area (Å²) in [5.41, 5.74) is 1.26. The van der Waals surface area contributed by atoms with E-state index < -0.39 is 0 Å². The topological polar surface area (TPSA) is 67.4 Å². The third-order valence-electron chi connectivity index (χ3n) is 3.29. The highest BCUT2D eigenvalue weighted by Gasteiger charge is 2.16. The zero-order chi connectivity index (χ0) is 17.5. The molecule has 0 saturated heterocycles. The molecule has 0 fully saturated rings. The van der Waals surface area contributed by atoms with Gasteiger partial charge in [-0.1, -0.05) is 35.0 Å². The molecule has 2 N–H and O–H groups in total. The number of benzene rings is 2. The van der Waals surface area contributed by atoms with Crippen LogP contribution in [0.2, 0.25) is 0 Å². The second-order valence-electron chi connectivity index (χ2n) is 5.07. The molecule has 0 radical (unpaired) electrons. The fourth-order valence-corrected chi connectivity index (χ4v) is 2.49. The first-order valence-corrected chi connectivity index (χ1v) is 8.41. The van der Waals surface area contributed by atoms with Gasteiger partial charge in [0.15, 0.2) is 0 Å². The smallest absolute Gasteiger partial charge is 0.259 e. The summed E-state index contributed by atoms with van der Waals surface area (Å²) >= 11 is 3.37. The highest BCUT2D eigenvalue weighted by atomic mass is 79.9. The fraction of sp³-hybridized carbons (Fsp3) is 0.222. The molecule has 0 spiro atoms. The molecule has 2 aromatic rings. The van der Waals surface area contributed by atoms with E-state index in [4.69, 9.17) is 4.74 Å². The number of ether oxygens (including phenoxy) is 1. The lowest BCUT2D eigenvalue weighted by Gasteiger charge is -2.13. The summed E-state index contributed by atoms with van der Waals surface area (Å²) in [6.07, 6.45) is 0.844. The van der Waals surface area contributed by atoms with Crippen molar-refractivity contribution in [1.82, 2.24) is 5.32 Å². The minimum atomic E-state index is -0.334. The normalized spacial score (nSPS) is 10.1. The molecule has 0 aliphatic carbocycles. The van der Waals surface area contributed by atoms with Crippen LogP contribution in [0, 0.1) is 0 Å². The number of anilines is 1. The number of carbonyl (C=O) groups excluding carboxylic acids is 2. The van der Waals surface area contributed by atoms with Crippen molar-refractivity contribution in [2.45, 2.75) is 13.3 Å². The van der Waals surface area contributed by atoms with E-state index in [1.54, 1.807) is 43.4 Å². The van der Waals surface area contributed by atoms with Crippen LogP contribution in [-0.4, -0.2) is 25.5 Å². The Balaban J connectivity index is 2.31. The second kappa shape index (κ2) is 8.49. The predicted octanol–water partition coefficient (Wildman–Crippen LogP) is 3.85. The van der Waals surface area contributed by atoms with Crippen LogP contribution in [0.15, 0.2) is 46.9 Å². The van der Waals surface area contributed by atoms with Gasteiger partial charge in [0, 0.05) is 11.5 Å². The average molecular weight is 391 g/mol. The first-order chi connectivity index (χ1) is 11.6. The summed E-state index contributed by atoms with van der Waals surface area (Å²) < 4.78 is 6.41. The van der Waals surface area contributed by atoms with E-state index in [1.165, 1.54) is 0 Å². The zero-order valence-electron chi connectivity index (χ0n) is 13.6. The van der Waals surface area contributed by atoms with Crippen LogP contribution in [0.4, 0.5) is 5.69 Å².